The number of rotatable bonds is 7. The highest BCUT2D eigenvalue weighted by Gasteiger charge is 2.31. The average molecular weight is 366 g/mol. The van der Waals surface area contributed by atoms with Crippen molar-refractivity contribution >= 4 is 15.9 Å². The summed E-state index contributed by atoms with van der Waals surface area (Å²) < 4.78 is 32.6. The van der Waals surface area contributed by atoms with Crippen LogP contribution in [-0.2, 0) is 21.4 Å². The van der Waals surface area contributed by atoms with E-state index in [9.17, 15) is 13.2 Å². The number of aryl methyl sites for hydroxylation is 2. The first kappa shape index (κ1) is 19.1. The van der Waals surface area contributed by atoms with Gasteiger partial charge >= 0.3 is 0 Å². The maximum Gasteiger partial charge on any atom is 0.246 e. The van der Waals surface area contributed by atoms with Gasteiger partial charge in [0, 0.05) is 18.9 Å². The van der Waals surface area contributed by atoms with Crippen LogP contribution in [0, 0.1) is 19.8 Å². The highest BCUT2D eigenvalue weighted by atomic mass is 32.2. The lowest BCUT2D eigenvalue weighted by Gasteiger charge is -2.21. The molecule has 2 N–H and O–H groups in total. The van der Waals surface area contributed by atoms with Crippen LogP contribution in [0.1, 0.15) is 30.9 Å². The SMILES string of the molecule is Cc1noc(C)c1S(=O)(=O)N[C@H](C(=O)NCc1cccnc1)C(C)C. The van der Waals surface area contributed by atoms with Gasteiger partial charge in [0.2, 0.25) is 15.9 Å². The maximum absolute atomic E-state index is 12.6. The number of aromatic nitrogens is 2. The summed E-state index contributed by atoms with van der Waals surface area (Å²) in [6.07, 6.45) is 3.28. The molecule has 0 aliphatic carbocycles. The molecule has 0 aromatic carbocycles. The van der Waals surface area contributed by atoms with Crippen molar-refractivity contribution in [1.82, 2.24) is 20.2 Å². The standard InChI is InChI=1S/C16H22N4O4S/c1-10(2)14(16(21)18-9-13-6-5-7-17-8-13)20-25(22,23)15-11(3)19-24-12(15)4/h5-8,10,14,20H,9H2,1-4H3,(H,18,21)/t14-/m0/s1. The van der Waals surface area contributed by atoms with Gasteiger partial charge in [-0.15, -0.1) is 0 Å². The van der Waals surface area contributed by atoms with E-state index in [0.29, 0.717) is 0 Å². The molecule has 0 saturated heterocycles. The molecule has 136 valence electrons. The molecule has 0 fully saturated rings. The minimum absolute atomic E-state index is 0.0294. The van der Waals surface area contributed by atoms with E-state index >= 15 is 0 Å². The number of pyridine rings is 1. The van der Waals surface area contributed by atoms with Crippen molar-refractivity contribution in [3.8, 4) is 0 Å². The number of carbonyl (C=O) groups excluding carboxylic acids is 1. The largest absolute Gasteiger partial charge is 0.360 e. The predicted molar refractivity (Wildman–Crippen MR) is 91.0 cm³/mol. The summed E-state index contributed by atoms with van der Waals surface area (Å²) >= 11 is 0. The van der Waals surface area contributed by atoms with E-state index in [2.05, 4.69) is 20.2 Å². The van der Waals surface area contributed by atoms with E-state index in [-0.39, 0.29) is 28.8 Å². The zero-order valence-corrected chi connectivity index (χ0v) is 15.4. The summed E-state index contributed by atoms with van der Waals surface area (Å²) in [7, 11) is -3.93. The number of nitrogens with zero attached hydrogens (tertiary/aromatic N) is 2. The molecule has 2 heterocycles. The molecular formula is C16H22N4O4S. The Balaban J connectivity index is 2.14. The highest BCUT2D eigenvalue weighted by Crippen LogP contribution is 2.20. The molecule has 1 amide bonds. The van der Waals surface area contributed by atoms with E-state index in [1.165, 1.54) is 13.8 Å². The maximum atomic E-state index is 12.6. The van der Waals surface area contributed by atoms with Gasteiger partial charge in [-0.3, -0.25) is 9.78 Å². The van der Waals surface area contributed by atoms with E-state index in [0.717, 1.165) is 5.56 Å². The molecule has 9 heteroatoms. The smallest absolute Gasteiger partial charge is 0.246 e. The van der Waals surface area contributed by atoms with Crippen molar-refractivity contribution < 1.29 is 17.7 Å². The number of carbonyl (C=O) groups is 1. The van der Waals surface area contributed by atoms with Gasteiger partial charge in [-0.05, 0) is 31.4 Å². The third-order valence-electron chi connectivity index (χ3n) is 3.66. The fourth-order valence-corrected chi connectivity index (χ4v) is 4.05. The number of amides is 1. The first-order valence-electron chi connectivity index (χ1n) is 7.84. The topological polar surface area (TPSA) is 114 Å². The van der Waals surface area contributed by atoms with Gasteiger partial charge in [-0.25, -0.2) is 8.42 Å². The fraction of sp³-hybridized carbons (Fsp3) is 0.438. The van der Waals surface area contributed by atoms with E-state index in [1.807, 2.05) is 6.07 Å². The van der Waals surface area contributed by atoms with Crippen LogP contribution < -0.4 is 10.0 Å². The molecule has 0 saturated carbocycles. The van der Waals surface area contributed by atoms with Crippen LogP contribution >= 0.6 is 0 Å². The zero-order valence-electron chi connectivity index (χ0n) is 14.6. The number of hydrogen-bond acceptors (Lipinski definition) is 6. The van der Waals surface area contributed by atoms with Crippen LogP contribution in [0.2, 0.25) is 0 Å². The molecule has 0 bridgehead atoms. The summed E-state index contributed by atoms with van der Waals surface area (Å²) in [4.78, 5) is 16.4. The van der Waals surface area contributed by atoms with Gasteiger partial charge in [0.25, 0.3) is 0 Å². The van der Waals surface area contributed by atoms with Crippen LogP contribution in [0.3, 0.4) is 0 Å². The fourth-order valence-electron chi connectivity index (χ4n) is 2.38. The minimum Gasteiger partial charge on any atom is -0.360 e. The summed E-state index contributed by atoms with van der Waals surface area (Å²) in [5, 5.41) is 6.39. The molecule has 0 aliphatic heterocycles. The Labute approximate surface area is 147 Å². The van der Waals surface area contributed by atoms with Crippen molar-refractivity contribution in [2.75, 3.05) is 0 Å². The van der Waals surface area contributed by atoms with Gasteiger partial charge in [0.05, 0.1) is 0 Å². The summed E-state index contributed by atoms with van der Waals surface area (Å²) in [5.74, 6) is -0.471. The van der Waals surface area contributed by atoms with Crippen LogP contribution in [0.5, 0.6) is 0 Å². The minimum atomic E-state index is -3.93. The molecule has 25 heavy (non-hydrogen) atoms. The van der Waals surface area contributed by atoms with Crippen molar-refractivity contribution in [1.29, 1.82) is 0 Å². The van der Waals surface area contributed by atoms with Crippen LogP contribution in [0.15, 0.2) is 33.9 Å². The van der Waals surface area contributed by atoms with Gasteiger partial charge in [0.1, 0.15) is 16.6 Å². The number of sulfonamides is 1. The van der Waals surface area contributed by atoms with E-state index < -0.39 is 22.0 Å². The lowest BCUT2D eigenvalue weighted by Crippen LogP contribution is -2.49. The Kier molecular flexibility index (Phi) is 5.91. The molecule has 2 aromatic heterocycles. The van der Waals surface area contributed by atoms with Gasteiger partial charge in [0.15, 0.2) is 5.76 Å². The van der Waals surface area contributed by atoms with Crippen LogP contribution in [0.4, 0.5) is 0 Å². The molecule has 0 radical (unpaired) electrons. The number of nitrogens with one attached hydrogen (secondary N) is 2. The Morgan fingerprint density at radius 1 is 1.32 bits per heavy atom. The Bertz CT molecular complexity index is 812. The Morgan fingerprint density at radius 3 is 2.56 bits per heavy atom. The first-order chi connectivity index (χ1) is 11.7. The molecule has 0 unspecified atom stereocenters. The quantitative estimate of drug-likeness (QED) is 0.763. The van der Waals surface area contributed by atoms with Gasteiger partial charge in [-0.2, -0.15) is 4.72 Å². The second-order valence-electron chi connectivity index (χ2n) is 6.08. The monoisotopic (exact) mass is 366 g/mol. The Morgan fingerprint density at radius 2 is 2.04 bits per heavy atom. The zero-order chi connectivity index (χ0) is 18.6. The summed E-state index contributed by atoms with van der Waals surface area (Å²) in [6.45, 7) is 6.86. The average Bonchev–Trinajstić information content (AvgIpc) is 2.90. The van der Waals surface area contributed by atoms with Crippen molar-refractivity contribution in [3.05, 3.63) is 41.5 Å². The van der Waals surface area contributed by atoms with Gasteiger partial charge < -0.3 is 9.84 Å². The van der Waals surface area contributed by atoms with E-state index in [4.69, 9.17) is 4.52 Å². The van der Waals surface area contributed by atoms with E-state index in [1.54, 1.807) is 32.3 Å². The van der Waals surface area contributed by atoms with Crippen LogP contribution in [0.25, 0.3) is 0 Å². The first-order valence-corrected chi connectivity index (χ1v) is 9.32. The van der Waals surface area contributed by atoms with Crippen molar-refractivity contribution in [2.45, 2.75) is 45.2 Å². The molecule has 2 rings (SSSR count). The van der Waals surface area contributed by atoms with Crippen molar-refractivity contribution in [2.24, 2.45) is 5.92 Å². The molecule has 0 spiro atoms. The normalized spacial score (nSPS) is 13.0. The third-order valence-corrected chi connectivity index (χ3v) is 5.34. The second kappa shape index (κ2) is 7.75. The highest BCUT2D eigenvalue weighted by molar-refractivity contribution is 7.89. The lowest BCUT2D eigenvalue weighted by molar-refractivity contribution is -0.123. The molecule has 0 aliphatic rings. The van der Waals surface area contributed by atoms with Crippen molar-refractivity contribution in [3.63, 3.8) is 0 Å². The molecule has 8 nitrogen and oxygen atoms in total. The third kappa shape index (κ3) is 4.64. The molecule has 1 atom stereocenters. The Hall–Kier alpha value is -2.26. The summed E-state index contributed by atoms with van der Waals surface area (Å²) in [5.41, 5.74) is 1.08. The second-order valence-corrected chi connectivity index (χ2v) is 7.73. The predicted octanol–water partition coefficient (Wildman–Crippen LogP) is 1.31. The lowest BCUT2D eigenvalue weighted by atomic mass is 10.0. The summed E-state index contributed by atoms with van der Waals surface area (Å²) in [6, 6.07) is 2.67. The molecular weight excluding hydrogens is 344 g/mol. The number of hydrogen-bond donors (Lipinski definition) is 2. The van der Waals surface area contributed by atoms with Crippen LogP contribution in [-0.4, -0.2) is 30.5 Å². The molecule has 2 aromatic rings. The van der Waals surface area contributed by atoms with Gasteiger partial charge in [-0.1, -0.05) is 25.1 Å².